The summed E-state index contributed by atoms with van der Waals surface area (Å²) in [6.45, 7) is 6.39. The van der Waals surface area contributed by atoms with Gasteiger partial charge in [0.05, 0.1) is 4.90 Å². The number of carbonyl (C=O) groups excluding carboxylic acids is 1. The molecule has 0 bridgehead atoms. The first-order chi connectivity index (χ1) is 11.1. The van der Waals surface area contributed by atoms with Crippen molar-refractivity contribution in [3.8, 4) is 0 Å². The summed E-state index contributed by atoms with van der Waals surface area (Å²) in [6, 6.07) is 6.18. The lowest BCUT2D eigenvalue weighted by Gasteiger charge is -2.32. The molecule has 2 rings (SSSR count). The number of benzene rings is 1. The van der Waals surface area contributed by atoms with Gasteiger partial charge in [0.2, 0.25) is 10.0 Å². The Bertz CT molecular complexity index is 695. The highest BCUT2D eigenvalue weighted by molar-refractivity contribution is 7.89. The SMILES string of the molecule is CC1CCCCN1S(=O)(=O)c1cccc(C(=O)NCC(C)(C)N)c1. The molecular formula is C17H27N3O3S. The Morgan fingerprint density at radius 1 is 1.38 bits per heavy atom. The highest BCUT2D eigenvalue weighted by Crippen LogP contribution is 2.25. The maximum absolute atomic E-state index is 12.9. The Hall–Kier alpha value is -1.44. The van der Waals surface area contributed by atoms with Gasteiger partial charge < -0.3 is 11.1 Å². The number of sulfonamides is 1. The Balaban J connectivity index is 2.21. The first-order valence-corrected chi connectivity index (χ1v) is 9.74. The molecule has 1 aliphatic rings. The van der Waals surface area contributed by atoms with Crippen LogP contribution in [0.25, 0.3) is 0 Å². The molecule has 0 saturated carbocycles. The molecule has 1 aliphatic heterocycles. The Morgan fingerprint density at radius 3 is 2.71 bits per heavy atom. The molecular weight excluding hydrogens is 326 g/mol. The van der Waals surface area contributed by atoms with Crippen molar-refractivity contribution < 1.29 is 13.2 Å². The van der Waals surface area contributed by atoms with Crippen molar-refractivity contribution in [3.05, 3.63) is 29.8 Å². The molecule has 1 saturated heterocycles. The van der Waals surface area contributed by atoms with E-state index in [1.807, 2.05) is 20.8 Å². The van der Waals surface area contributed by atoms with Gasteiger partial charge in [-0.15, -0.1) is 0 Å². The molecule has 1 amide bonds. The number of rotatable bonds is 5. The summed E-state index contributed by atoms with van der Waals surface area (Å²) in [5.74, 6) is -0.322. The lowest BCUT2D eigenvalue weighted by molar-refractivity contribution is 0.0946. The van der Waals surface area contributed by atoms with Gasteiger partial charge in [-0.05, 0) is 51.8 Å². The Labute approximate surface area is 144 Å². The van der Waals surface area contributed by atoms with Gasteiger partial charge in [0.25, 0.3) is 5.91 Å². The van der Waals surface area contributed by atoms with E-state index < -0.39 is 15.6 Å². The van der Waals surface area contributed by atoms with Crippen LogP contribution in [0.3, 0.4) is 0 Å². The first kappa shape index (κ1) is 18.9. The van der Waals surface area contributed by atoms with Crippen LogP contribution in [-0.2, 0) is 10.0 Å². The summed E-state index contributed by atoms with van der Waals surface area (Å²) < 4.78 is 27.3. The third-order valence-corrected chi connectivity index (χ3v) is 6.16. The number of nitrogens with one attached hydrogen (secondary N) is 1. The number of amides is 1. The minimum Gasteiger partial charge on any atom is -0.350 e. The Kier molecular flexibility index (Phi) is 5.67. The molecule has 1 aromatic rings. The summed E-state index contributed by atoms with van der Waals surface area (Å²) in [4.78, 5) is 12.4. The van der Waals surface area contributed by atoms with E-state index in [0.29, 0.717) is 18.7 Å². The smallest absolute Gasteiger partial charge is 0.251 e. The highest BCUT2D eigenvalue weighted by Gasteiger charge is 2.31. The molecule has 6 nitrogen and oxygen atoms in total. The van der Waals surface area contributed by atoms with Gasteiger partial charge in [-0.25, -0.2) is 8.42 Å². The maximum Gasteiger partial charge on any atom is 0.251 e. The zero-order chi connectivity index (χ0) is 18.0. The van der Waals surface area contributed by atoms with Crippen molar-refractivity contribution >= 4 is 15.9 Å². The number of hydrogen-bond donors (Lipinski definition) is 2. The maximum atomic E-state index is 12.9. The van der Waals surface area contributed by atoms with E-state index in [1.54, 1.807) is 18.2 Å². The molecule has 0 aromatic heterocycles. The summed E-state index contributed by atoms with van der Waals surface area (Å²) in [7, 11) is -3.58. The second kappa shape index (κ2) is 7.21. The van der Waals surface area contributed by atoms with E-state index >= 15 is 0 Å². The fourth-order valence-electron chi connectivity index (χ4n) is 2.77. The van der Waals surface area contributed by atoms with Gasteiger partial charge >= 0.3 is 0 Å². The molecule has 0 aliphatic carbocycles. The first-order valence-electron chi connectivity index (χ1n) is 8.30. The molecule has 1 fully saturated rings. The van der Waals surface area contributed by atoms with Crippen LogP contribution in [0.5, 0.6) is 0 Å². The minimum atomic E-state index is -3.58. The topological polar surface area (TPSA) is 92.5 Å². The molecule has 24 heavy (non-hydrogen) atoms. The van der Waals surface area contributed by atoms with Crippen LogP contribution in [0.15, 0.2) is 29.2 Å². The number of carbonyl (C=O) groups is 1. The van der Waals surface area contributed by atoms with Crippen molar-refractivity contribution in [1.82, 2.24) is 9.62 Å². The average molecular weight is 353 g/mol. The summed E-state index contributed by atoms with van der Waals surface area (Å²) >= 11 is 0. The predicted molar refractivity (Wildman–Crippen MR) is 94.2 cm³/mol. The van der Waals surface area contributed by atoms with Crippen molar-refractivity contribution in [2.45, 2.75) is 56.5 Å². The van der Waals surface area contributed by atoms with Crippen molar-refractivity contribution in [2.75, 3.05) is 13.1 Å². The molecule has 1 aromatic carbocycles. The lowest BCUT2D eigenvalue weighted by Crippen LogP contribution is -2.45. The standard InChI is InChI=1S/C17H27N3O3S/c1-13-7-4-5-10-20(13)24(22,23)15-9-6-8-14(11-15)16(21)19-12-17(2,3)18/h6,8-9,11,13H,4-5,7,10,12,18H2,1-3H3,(H,19,21). The van der Waals surface area contributed by atoms with E-state index in [-0.39, 0.29) is 16.8 Å². The van der Waals surface area contributed by atoms with Gasteiger partial charge in [-0.1, -0.05) is 12.5 Å². The fraction of sp³-hybridized carbons (Fsp3) is 0.588. The monoisotopic (exact) mass is 353 g/mol. The van der Waals surface area contributed by atoms with Gasteiger partial charge in [-0.3, -0.25) is 4.79 Å². The third-order valence-electron chi connectivity index (χ3n) is 4.15. The molecule has 1 atom stereocenters. The molecule has 1 unspecified atom stereocenters. The second-order valence-corrected chi connectivity index (χ2v) is 9.05. The minimum absolute atomic E-state index is 0.0146. The number of hydrogen-bond acceptors (Lipinski definition) is 4. The van der Waals surface area contributed by atoms with Crippen LogP contribution < -0.4 is 11.1 Å². The molecule has 3 N–H and O–H groups in total. The largest absolute Gasteiger partial charge is 0.350 e. The van der Waals surface area contributed by atoms with E-state index in [9.17, 15) is 13.2 Å². The number of piperidine rings is 1. The van der Waals surface area contributed by atoms with Gasteiger partial charge in [0.15, 0.2) is 0 Å². The molecule has 7 heteroatoms. The fourth-order valence-corrected chi connectivity index (χ4v) is 4.52. The average Bonchev–Trinajstić information content (AvgIpc) is 2.52. The van der Waals surface area contributed by atoms with Crippen LogP contribution in [0.1, 0.15) is 50.4 Å². The second-order valence-electron chi connectivity index (χ2n) is 7.16. The molecule has 0 spiro atoms. The van der Waals surface area contributed by atoms with Gasteiger partial charge in [0, 0.05) is 30.2 Å². The lowest BCUT2D eigenvalue weighted by atomic mass is 10.1. The van der Waals surface area contributed by atoms with Crippen LogP contribution in [-0.4, -0.2) is 43.3 Å². The molecule has 0 radical (unpaired) electrons. The van der Waals surface area contributed by atoms with Crippen molar-refractivity contribution in [3.63, 3.8) is 0 Å². The number of nitrogens with zero attached hydrogens (tertiary/aromatic N) is 1. The van der Waals surface area contributed by atoms with Gasteiger partial charge in [0.1, 0.15) is 0 Å². The number of nitrogens with two attached hydrogens (primary N) is 1. The summed E-state index contributed by atoms with van der Waals surface area (Å²) in [5.41, 5.74) is 5.66. The summed E-state index contributed by atoms with van der Waals surface area (Å²) in [6.07, 6.45) is 2.78. The molecule has 134 valence electrons. The van der Waals surface area contributed by atoms with Crippen LogP contribution in [0.2, 0.25) is 0 Å². The van der Waals surface area contributed by atoms with Crippen LogP contribution in [0, 0.1) is 0 Å². The van der Waals surface area contributed by atoms with Crippen molar-refractivity contribution in [1.29, 1.82) is 0 Å². The van der Waals surface area contributed by atoms with Gasteiger partial charge in [-0.2, -0.15) is 4.31 Å². The predicted octanol–water partition coefficient (Wildman–Crippen LogP) is 1.72. The molecule has 1 heterocycles. The van der Waals surface area contributed by atoms with E-state index in [1.165, 1.54) is 10.4 Å². The van der Waals surface area contributed by atoms with Crippen LogP contribution >= 0.6 is 0 Å². The Morgan fingerprint density at radius 2 is 2.08 bits per heavy atom. The zero-order valence-corrected chi connectivity index (χ0v) is 15.4. The van der Waals surface area contributed by atoms with Crippen LogP contribution in [0.4, 0.5) is 0 Å². The summed E-state index contributed by atoms with van der Waals surface area (Å²) in [5, 5.41) is 2.73. The third kappa shape index (κ3) is 4.55. The van der Waals surface area contributed by atoms with Crippen molar-refractivity contribution in [2.24, 2.45) is 5.73 Å². The van der Waals surface area contributed by atoms with E-state index in [4.69, 9.17) is 5.73 Å². The zero-order valence-electron chi connectivity index (χ0n) is 14.6. The quantitative estimate of drug-likeness (QED) is 0.843. The van der Waals surface area contributed by atoms with E-state index in [0.717, 1.165) is 19.3 Å². The normalized spacial score (nSPS) is 19.9. The highest BCUT2D eigenvalue weighted by atomic mass is 32.2. The van der Waals surface area contributed by atoms with E-state index in [2.05, 4.69) is 5.32 Å².